The molecular formula is C32H29NO6. The number of amides is 1. The van der Waals surface area contributed by atoms with Crippen LogP contribution in [-0.4, -0.2) is 35.2 Å². The Morgan fingerprint density at radius 3 is 2.26 bits per heavy atom. The lowest BCUT2D eigenvalue weighted by Crippen LogP contribution is -2.31. The van der Waals surface area contributed by atoms with Gasteiger partial charge in [-0.1, -0.05) is 72.8 Å². The molecule has 1 heterocycles. The lowest BCUT2D eigenvalue weighted by atomic mass is 10.0. The second-order valence-electron chi connectivity index (χ2n) is 9.43. The number of cyclic esters (lactones) is 1. The van der Waals surface area contributed by atoms with E-state index in [1.165, 1.54) is 7.11 Å². The van der Waals surface area contributed by atoms with Crippen molar-refractivity contribution >= 4 is 12.1 Å². The van der Waals surface area contributed by atoms with Crippen LogP contribution in [0.2, 0.25) is 0 Å². The molecule has 1 aliphatic heterocycles. The highest BCUT2D eigenvalue weighted by Crippen LogP contribution is 2.39. The van der Waals surface area contributed by atoms with Crippen molar-refractivity contribution in [1.82, 2.24) is 4.90 Å². The fourth-order valence-electron chi connectivity index (χ4n) is 4.80. The van der Waals surface area contributed by atoms with Gasteiger partial charge in [-0.3, -0.25) is 9.69 Å². The summed E-state index contributed by atoms with van der Waals surface area (Å²) in [7, 11) is 1.53. The predicted octanol–water partition coefficient (Wildman–Crippen LogP) is 6.86. The molecule has 1 aliphatic rings. The molecule has 2 atom stereocenters. The van der Waals surface area contributed by atoms with Gasteiger partial charge in [0.25, 0.3) is 0 Å². The summed E-state index contributed by atoms with van der Waals surface area (Å²) < 4.78 is 17.6. The van der Waals surface area contributed by atoms with Crippen molar-refractivity contribution in [3.8, 4) is 28.4 Å². The Bertz CT molecular complexity index is 1470. The zero-order valence-corrected chi connectivity index (χ0v) is 21.7. The molecule has 1 N–H and O–H groups in total. The number of carbonyl (C=O) groups is 2. The largest absolute Gasteiger partial charge is 0.493 e. The number of hydrogen-bond acceptors (Lipinski definition) is 5. The molecule has 4 aromatic rings. The van der Waals surface area contributed by atoms with Gasteiger partial charge in [0.05, 0.1) is 26.1 Å². The standard InChI is InChI=1S/C32H29NO6/c1-21-31(24-11-7-4-8-12-24)39-32(36)33(21)20-26-19-25(23-9-5-3-6-10-23)14-16-27(26)38-29-17-22(18-30(34)35)13-15-28(29)37-2/h3-17,19,21,31H,18,20H2,1-2H3,(H,34,35). The molecule has 198 valence electrons. The van der Waals surface area contributed by atoms with Crippen molar-refractivity contribution in [3.63, 3.8) is 0 Å². The first kappa shape index (κ1) is 25.9. The molecule has 7 nitrogen and oxygen atoms in total. The maximum atomic E-state index is 13.0. The number of carboxylic acids is 1. The quantitative estimate of drug-likeness (QED) is 0.258. The van der Waals surface area contributed by atoms with E-state index in [1.54, 1.807) is 23.1 Å². The third-order valence-electron chi connectivity index (χ3n) is 6.83. The zero-order chi connectivity index (χ0) is 27.4. The number of hydrogen-bond donors (Lipinski definition) is 1. The SMILES string of the molecule is COc1ccc(CC(=O)O)cc1Oc1ccc(-c2ccccc2)cc1CN1C(=O)OC(c2ccccc2)C1C. The van der Waals surface area contributed by atoms with E-state index in [0.717, 1.165) is 22.3 Å². The normalized spacial score (nSPS) is 16.6. The summed E-state index contributed by atoms with van der Waals surface area (Å²) in [4.78, 5) is 26.0. The Kier molecular flexibility index (Phi) is 7.50. The molecule has 4 aromatic carbocycles. The highest BCUT2D eigenvalue weighted by atomic mass is 16.6. The monoisotopic (exact) mass is 523 g/mol. The van der Waals surface area contributed by atoms with E-state index in [-0.39, 0.29) is 25.1 Å². The van der Waals surface area contributed by atoms with Crippen molar-refractivity contribution in [3.05, 3.63) is 114 Å². The van der Waals surface area contributed by atoms with E-state index in [9.17, 15) is 14.7 Å². The fraction of sp³-hybridized carbons (Fsp3) is 0.188. The summed E-state index contributed by atoms with van der Waals surface area (Å²) >= 11 is 0. The number of ether oxygens (including phenoxy) is 3. The van der Waals surface area contributed by atoms with Gasteiger partial charge in [0, 0.05) is 5.56 Å². The zero-order valence-electron chi connectivity index (χ0n) is 21.7. The predicted molar refractivity (Wildman–Crippen MR) is 147 cm³/mol. The number of methoxy groups -OCH3 is 1. The topological polar surface area (TPSA) is 85.3 Å². The van der Waals surface area contributed by atoms with E-state index in [2.05, 4.69) is 0 Å². The third kappa shape index (κ3) is 5.72. The molecule has 0 aromatic heterocycles. The van der Waals surface area contributed by atoms with Crippen LogP contribution in [-0.2, 0) is 22.5 Å². The van der Waals surface area contributed by atoms with Crippen molar-refractivity contribution in [2.75, 3.05) is 7.11 Å². The van der Waals surface area contributed by atoms with Gasteiger partial charge in [-0.15, -0.1) is 0 Å². The smallest absolute Gasteiger partial charge is 0.411 e. The van der Waals surface area contributed by atoms with Crippen LogP contribution in [0.5, 0.6) is 17.2 Å². The minimum Gasteiger partial charge on any atom is -0.493 e. The Labute approximate surface area is 227 Å². The molecule has 5 rings (SSSR count). The van der Waals surface area contributed by atoms with E-state index in [4.69, 9.17) is 14.2 Å². The molecule has 0 spiro atoms. The number of aliphatic carboxylic acids is 1. The van der Waals surface area contributed by atoms with Crippen LogP contribution in [0.4, 0.5) is 4.79 Å². The summed E-state index contributed by atoms with van der Waals surface area (Å²) in [6, 6.07) is 30.3. The summed E-state index contributed by atoms with van der Waals surface area (Å²) in [6.45, 7) is 2.24. The molecule has 1 saturated heterocycles. The van der Waals surface area contributed by atoms with Gasteiger partial charge in [-0.2, -0.15) is 0 Å². The maximum Gasteiger partial charge on any atom is 0.411 e. The number of carboxylic acid groups (broad SMARTS) is 1. The Balaban J connectivity index is 1.51. The maximum absolute atomic E-state index is 13.0. The molecule has 0 saturated carbocycles. The highest BCUT2D eigenvalue weighted by Gasteiger charge is 2.40. The summed E-state index contributed by atoms with van der Waals surface area (Å²) in [5.41, 5.74) is 4.31. The summed E-state index contributed by atoms with van der Waals surface area (Å²) in [6.07, 6.45) is -0.917. The van der Waals surface area contributed by atoms with E-state index in [0.29, 0.717) is 22.8 Å². The number of carbonyl (C=O) groups excluding carboxylic acids is 1. The van der Waals surface area contributed by atoms with Crippen molar-refractivity contribution in [2.24, 2.45) is 0 Å². The molecule has 1 fully saturated rings. The van der Waals surface area contributed by atoms with Gasteiger partial charge in [-0.25, -0.2) is 4.79 Å². The van der Waals surface area contributed by atoms with Crippen molar-refractivity contribution < 1.29 is 28.9 Å². The Morgan fingerprint density at radius 2 is 1.56 bits per heavy atom. The van der Waals surface area contributed by atoms with Crippen LogP contribution in [0, 0.1) is 0 Å². The van der Waals surface area contributed by atoms with E-state index >= 15 is 0 Å². The van der Waals surface area contributed by atoms with Crippen molar-refractivity contribution in [2.45, 2.75) is 32.0 Å². The minimum absolute atomic E-state index is 0.141. The van der Waals surface area contributed by atoms with Crippen LogP contribution < -0.4 is 9.47 Å². The average Bonchev–Trinajstić information content (AvgIpc) is 3.23. The lowest BCUT2D eigenvalue weighted by Gasteiger charge is -2.23. The number of nitrogens with zero attached hydrogens (tertiary/aromatic N) is 1. The Morgan fingerprint density at radius 1 is 0.872 bits per heavy atom. The molecule has 0 aliphatic carbocycles. The number of rotatable bonds is 9. The second-order valence-corrected chi connectivity index (χ2v) is 9.43. The van der Waals surface area contributed by atoms with Gasteiger partial charge >= 0.3 is 12.1 Å². The molecule has 1 amide bonds. The first-order valence-electron chi connectivity index (χ1n) is 12.7. The van der Waals surface area contributed by atoms with Crippen LogP contribution in [0.25, 0.3) is 11.1 Å². The van der Waals surface area contributed by atoms with Gasteiger partial charge in [0.2, 0.25) is 0 Å². The molecule has 0 radical (unpaired) electrons. The average molecular weight is 524 g/mol. The summed E-state index contributed by atoms with van der Waals surface area (Å²) in [5, 5.41) is 9.25. The fourth-order valence-corrected chi connectivity index (χ4v) is 4.80. The van der Waals surface area contributed by atoms with Gasteiger partial charge < -0.3 is 19.3 Å². The first-order chi connectivity index (χ1) is 18.9. The number of benzene rings is 4. The van der Waals surface area contributed by atoms with Gasteiger partial charge in [0.1, 0.15) is 11.9 Å². The Hall–Kier alpha value is -4.78. The van der Waals surface area contributed by atoms with Gasteiger partial charge in [0.15, 0.2) is 11.5 Å². The lowest BCUT2D eigenvalue weighted by molar-refractivity contribution is -0.136. The minimum atomic E-state index is -0.937. The molecule has 2 unspecified atom stereocenters. The summed E-state index contributed by atoms with van der Waals surface area (Å²) in [5.74, 6) is 0.460. The second kappa shape index (κ2) is 11.3. The van der Waals surface area contributed by atoms with E-state index < -0.39 is 12.1 Å². The highest BCUT2D eigenvalue weighted by molar-refractivity contribution is 5.72. The van der Waals surface area contributed by atoms with Crippen LogP contribution in [0.15, 0.2) is 97.1 Å². The van der Waals surface area contributed by atoms with Crippen LogP contribution in [0.3, 0.4) is 0 Å². The first-order valence-corrected chi connectivity index (χ1v) is 12.7. The molecule has 39 heavy (non-hydrogen) atoms. The van der Waals surface area contributed by atoms with Crippen LogP contribution in [0.1, 0.15) is 29.7 Å². The molecule has 0 bridgehead atoms. The van der Waals surface area contributed by atoms with E-state index in [1.807, 2.05) is 85.8 Å². The molecular weight excluding hydrogens is 494 g/mol. The van der Waals surface area contributed by atoms with Crippen molar-refractivity contribution in [1.29, 1.82) is 0 Å². The molecule has 7 heteroatoms. The van der Waals surface area contributed by atoms with Gasteiger partial charge in [-0.05, 0) is 53.4 Å². The third-order valence-corrected chi connectivity index (χ3v) is 6.83. The van der Waals surface area contributed by atoms with Crippen LogP contribution >= 0.6 is 0 Å².